The quantitative estimate of drug-likeness (QED) is 0.220. The molecule has 0 aliphatic heterocycles. The molecule has 0 aliphatic carbocycles. The average Bonchev–Trinajstić information content (AvgIpc) is 3.31. The molecule has 0 aliphatic rings. The Bertz CT molecular complexity index is 1300. The Hall–Kier alpha value is -3.80. The molecule has 0 fully saturated rings. The summed E-state index contributed by atoms with van der Waals surface area (Å²) in [6, 6.07) is 13.7. The first-order chi connectivity index (χ1) is 17.3. The monoisotopic (exact) mass is 515 g/mol. The third-order valence-electron chi connectivity index (χ3n) is 4.86. The number of nitrogens with zero attached hydrogens (tertiary/aromatic N) is 4. The van der Waals surface area contributed by atoms with Crippen LogP contribution in [0.5, 0.6) is 11.6 Å². The van der Waals surface area contributed by atoms with Crippen LogP contribution in [-0.4, -0.2) is 37.9 Å². The van der Waals surface area contributed by atoms with E-state index in [0.717, 1.165) is 30.7 Å². The first-order valence-electron chi connectivity index (χ1n) is 11.1. The molecule has 2 aromatic heterocycles. The molecule has 3 N–H and O–H groups in total. The normalized spacial score (nSPS) is 11.4. The van der Waals surface area contributed by atoms with Gasteiger partial charge < -0.3 is 15.4 Å². The second kappa shape index (κ2) is 11.3. The fraction of sp³-hybridized carbons (Fsp3) is 0.250. The van der Waals surface area contributed by atoms with Gasteiger partial charge in [-0.05, 0) is 55.1 Å². The zero-order valence-electron chi connectivity index (χ0n) is 19.6. The van der Waals surface area contributed by atoms with E-state index in [9.17, 15) is 13.2 Å². The molecule has 0 spiro atoms. The third kappa shape index (κ3) is 6.66. The molecule has 12 heteroatoms. The smallest absolute Gasteiger partial charge is 0.416 e. The Kier molecular flexibility index (Phi) is 7.93. The third-order valence-corrected chi connectivity index (χ3v) is 5.41. The topological polar surface area (TPSA) is 101 Å². The van der Waals surface area contributed by atoms with Crippen LogP contribution in [0.2, 0.25) is 0 Å². The molecule has 4 aromatic rings. The van der Waals surface area contributed by atoms with E-state index in [4.69, 9.17) is 4.74 Å². The van der Waals surface area contributed by atoms with Gasteiger partial charge in [0.05, 0.1) is 11.3 Å². The zero-order chi connectivity index (χ0) is 25.5. The predicted octanol–water partition coefficient (Wildman–Crippen LogP) is 6.50. The SMILES string of the molecule is CCCNc1cc(Oc2ccc(-c3nc(Nc4cccc(C(F)(F)F)c4)n[nH]3)cc2)nc(CSC)n1. The Morgan fingerprint density at radius 2 is 1.83 bits per heavy atom. The first-order valence-corrected chi connectivity index (χ1v) is 12.5. The van der Waals surface area contributed by atoms with Crippen molar-refractivity contribution in [2.45, 2.75) is 25.3 Å². The van der Waals surface area contributed by atoms with E-state index in [-0.39, 0.29) is 11.6 Å². The molecule has 0 saturated carbocycles. The van der Waals surface area contributed by atoms with Crippen LogP contribution in [-0.2, 0) is 11.9 Å². The van der Waals surface area contributed by atoms with Crippen LogP contribution in [0, 0.1) is 0 Å². The van der Waals surface area contributed by atoms with Crippen molar-refractivity contribution in [3.05, 3.63) is 66.0 Å². The highest BCUT2D eigenvalue weighted by Gasteiger charge is 2.30. The summed E-state index contributed by atoms with van der Waals surface area (Å²) in [6.45, 7) is 2.88. The van der Waals surface area contributed by atoms with Gasteiger partial charge in [-0.25, -0.2) is 4.98 Å². The Morgan fingerprint density at radius 3 is 2.56 bits per heavy atom. The maximum atomic E-state index is 12.9. The lowest BCUT2D eigenvalue weighted by molar-refractivity contribution is -0.137. The van der Waals surface area contributed by atoms with Gasteiger partial charge in [0.25, 0.3) is 0 Å². The van der Waals surface area contributed by atoms with Crippen LogP contribution in [0.25, 0.3) is 11.4 Å². The molecule has 8 nitrogen and oxygen atoms in total. The molecule has 0 amide bonds. The second-order valence-electron chi connectivity index (χ2n) is 7.71. The minimum Gasteiger partial charge on any atom is -0.439 e. The molecule has 0 bridgehead atoms. The van der Waals surface area contributed by atoms with Crippen molar-refractivity contribution in [2.75, 3.05) is 23.4 Å². The molecule has 2 heterocycles. The number of nitrogens with one attached hydrogen (secondary N) is 3. The Labute approximate surface area is 210 Å². The summed E-state index contributed by atoms with van der Waals surface area (Å²) in [6.07, 6.45) is -1.47. The molecule has 36 heavy (non-hydrogen) atoms. The van der Waals surface area contributed by atoms with Crippen molar-refractivity contribution in [3.63, 3.8) is 0 Å². The number of halogens is 3. The molecular formula is C24H24F3N7OS. The molecule has 0 unspecified atom stereocenters. The van der Waals surface area contributed by atoms with Crippen LogP contribution < -0.4 is 15.4 Å². The number of benzene rings is 2. The number of hydrogen-bond donors (Lipinski definition) is 3. The predicted molar refractivity (Wildman–Crippen MR) is 135 cm³/mol. The highest BCUT2D eigenvalue weighted by molar-refractivity contribution is 7.97. The number of hydrogen-bond acceptors (Lipinski definition) is 8. The molecule has 0 radical (unpaired) electrons. The lowest BCUT2D eigenvalue weighted by Crippen LogP contribution is -2.05. The largest absolute Gasteiger partial charge is 0.439 e. The zero-order valence-corrected chi connectivity index (χ0v) is 20.4. The van der Waals surface area contributed by atoms with Crippen LogP contribution in [0.3, 0.4) is 0 Å². The highest BCUT2D eigenvalue weighted by Crippen LogP contribution is 2.31. The van der Waals surface area contributed by atoms with Crippen LogP contribution in [0.15, 0.2) is 54.6 Å². The minimum absolute atomic E-state index is 0.152. The van der Waals surface area contributed by atoms with Crippen molar-refractivity contribution in [3.8, 4) is 23.0 Å². The van der Waals surface area contributed by atoms with Gasteiger partial charge in [-0.15, -0.1) is 5.10 Å². The first kappa shape index (κ1) is 25.3. The van der Waals surface area contributed by atoms with Crippen LogP contribution in [0.1, 0.15) is 24.7 Å². The van der Waals surface area contributed by atoms with Crippen molar-refractivity contribution in [2.24, 2.45) is 0 Å². The molecule has 4 rings (SSSR count). The summed E-state index contributed by atoms with van der Waals surface area (Å²) in [4.78, 5) is 13.3. The number of anilines is 3. The summed E-state index contributed by atoms with van der Waals surface area (Å²) in [5, 5.41) is 12.9. The summed E-state index contributed by atoms with van der Waals surface area (Å²) >= 11 is 1.63. The van der Waals surface area contributed by atoms with Crippen molar-refractivity contribution < 1.29 is 17.9 Å². The van der Waals surface area contributed by atoms with Crippen LogP contribution in [0.4, 0.5) is 30.6 Å². The van der Waals surface area contributed by atoms with E-state index in [1.807, 2.05) is 6.26 Å². The van der Waals surface area contributed by atoms with Gasteiger partial charge in [0, 0.05) is 23.9 Å². The fourth-order valence-electron chi connectivity index (χ4n) is 3.21. The van der Waals surface area contributed by atoms with Gasteiger partial charge in [-0.1, -0.05) is 13.0 Å². The van der Waals surface area contributed by atoms with Gasteiger partial charge in [-0.2, -0.15) is 34.9 Å². The number of thioether (sulfide) groups is 1. The van der Waals surface area contributed by atoms with E-state index in [1.165, 1.54) is 12.1 Å². The molecule has 2 aromatic carbocycles. The molecule has 0 atom stereocenters. The Balaban J connectivity index is 1.45. The lowest BCUT2D eigenvalue weighted by Gasteiger charge is -2.10. The van der Waals surface area contributed by atoms with Gasteiger partial charge >= 0.3 is 6.18 Å². The Morgan fingerprint density at radius 1 is 1.03 bits per heavy atom. The van der Waals surface area contributed by atoms with E-state index in [1.54, 1.807) is 42.1 Å². The van der Waals surface area contributed by atoms with E-state index in [2.05, 4.69) is 42.7 Å². The molecular weight excluding hydrogens is 491 g/mol. The highest BCUT2D eigenvalue weighted by atomic mass is 32.2. The fourth-order valence-corrected chi connectivity index (χ4v) is 3.60. The van der Waals surface area contributed by atoms with Gasteiger partial charge in [-0.3, -0.25) is 5.10 Å². The van der Waals surface area contributed by atoms with E-state index in [0.29, 0.717) is 34.8 Å². The number of alkyl halides is 3. The minimum atomic E-state index is -4.43. The van der Waals surface area contributed by atoms with Crippen molar-refractivity contribution >= 4 is 29.2 Å². The lowest BCUT2D eigenvalue weighted by atomic mass is 10.2. The van der Waals surface area contributed by atoms with Gasteiger partial charge in [0.15, 0.2) is 5.82 Å². The van der Waals surface area contributed by atoms with Gasteiger partial charge in [0.1, 0.15) is 17.4 Å². The van der Waals surface area contributed by atoms with Gasteiger partial charge in [0.2, 0.25) is 11.8 Å². The summed E-state index contributed by atoms with van der Waals surface area (Å²) < 4.78 is 44.8. The molecule has 0 saturated heterocycles. The number of H-pyrrole nitrogens is 1. The second-order valence-corrected chi connectivity index (χ2v) is 8.57. The summed E-state index contributed by atoms with van der Waals surface area (Å²) in [7, 11) is 0. The average molecular weight is 516 g/mol. The number of aromatic amines is 1. The summed E-state index contributed by atoms with van der Waals surface area (Å²) in [5.41, 5.74) is 0.206. The van der Waals surface area contributed by atoms with E-state index < -0.39 is 11.7 Å². The maximum Gasteiger partial charge on any atom is 0.416 e. The number of rotatable bonds is 10. The number of ether oxygens (including phenoxy) is 1. The van der Waals surface area contributed by atoms with Crippen molar-refractivity contribution in [1.29, 1.82) is 0 Å². The van der Waals surface area contributed by atoms with Crippen molar-refractivity contribution in [1.82, 2.24) is 25.1 Å². The number of aromatic nitrogens is 5. The summed E-state index contributed by atoms with van der Waals surface area (Å²) in [5.74, 6) is 3.68. The van der Waals surface area contributed by atoms with E-state index >= 15 is 0 Å². The maximum absolute atomic E-state index is 12.9. The standard InChI is InChI=1S/C24H24F3N7OS/c1-3-11-28-19-13-21(31-20(30-19)14-36-2)35-18-9-7-15(8-10-18)22-32-23(34-33-22)29-17-6-4-5-16(12-17)24(25,26)27/h4-10,12-13H,3,11,14H2,1-2H3,(H,28,30,31)(H2,29,32,33,34). The van der Waals surface area contributed by atoms with Crippen LogP contribution >= 0.6 is 11.8 Å². The molecule has 188 valence electrons.